The van der Waals surface area contributed by atoms with E-state index in [1.54, 1.807) is 18.3 Å². The maximum atomic E-state index is 12.2. The lowest BCUT2D eigenvalue weighted by Gasteiger charge is -2.07. The van der Waals surface area contributed by atoms with E-state index in [4.69, 9.17) is 26.0 Å². The molecule has 18 nitrogen and oxygen atoms in total. The number of nitrogens with zero attached hydrogens (tertiary/aromatic N) is 11. The molecule has 0 aliphatic heterocycles. The SMILES string of the molecule is Nc1nc2ccccc2nc1-c1nnc(-c2ccccc2)o1.Nc1nc2ccccc2nc1-c1nnc(-c2ccccn2)o1.Nc1nc2ccccc2nc1C(=O)NCc1ccccc1. The zero-order valence-corrected chi connectivity index (χ0v) is 34.1. The largest absolute Gasteiger partial charge is 0.414 e. The Morgan fingerprint density at radius 3 is 1.42 bits per heavy atom. The van der Waals surface area contributed by atoms with E-state index in [0.717, 1.165) is 22.2 Å². The summed E-state index contributed by atoms with van der Waals surface area (Å²) in [5.41, 5.74) is 25.3. The molecule has 6 heterocycles. The summed E-state index contributed by atoms with van der Waals surface area (Å²) < 4.78 is 11.3. The molecule has 0 aliphatic rings. The number of anilines is 3. The number of nitrogen functional groups attached to an aromatic ring is 3. The Morgan fingerprint density at radius 1 is 0.446 bits per heavy atom. The number of benzene rings is 5. The lowest BCUT2D eigenvalue weighted by molar-refractivity contribution is 0.0947. The molecule has 0 radical (unpaired) electrons. The van der Waals surface area contributed by atoms with Crippen LogP contribution >= 0.6 is 0 Å². The van der Waals surface area contributed by atoms with Crippen molar-refractivity contribution in [1.29, 1.82) is 0 Å². The minimum absolute atomic E-state index is 0.138. The van der Waals surface area contributed by atoms with E-state index in [1.807, 2.05) is 140 Å². The Hall–Kier alpha value is -9.58. The van der Waals surface area contributed by atoms with E-state index < -0.39 is 0 Å². The van der Waals surface area contributed by atoms with Crippen LogP contribution in [-0.4, -0.2) is 61.2 Å². The maximum Gasteiger partial charge on any atom is 0.274 e. The molecule has 11 rings (SSSR count). The molecule has 7 N–H and O–H groups in total. The molecule has 0 aliphatic carbocycles. The summed E-state index contributed by atoms with van der Waals surface area (Å²) in [6.07, 6.45) is 1.66. The summed E-state index contributed by atoms with van der Waals surface area (Å²) in [5.74, 6) is 1.53. The van der Waals surface area contributed by atoms with Gasteiger partial charge in [-0.3, -0.25) is 9.78 Å². The zero-order chi connectivity index (χ0) is 44.5. The Balaban J connectivity index is 0.000000123. The highest BCUT2D eigenvalue weighted by Gasteiger charge is 2.18. The van der Waals surface area contributed by atoms with Gasteiger partial charge in [-0.05, 0) is 66.2 Å². The van der Waals surface area contributed by atoms with E-state index in [-0.39, 0.29) is 40.8 Å². The Kier molecular flexibility index (Phi) is 11.7. The first kappa shape index (κ1) is 40.8. The van der Waals surface area contributed by atoms with Gasteiger partial charge in [0.1, 0.15) is 5.69 Å². The van der Waals surface area contributed by atoms with Crippen LogP contribution in [0.1, 0.15) is 16.1 Å². The van der Waals surface area contributed by atoms with Crippen molar-refractivity contribution in [2.24, 2.45) is 0 Å². The normalized spacial score (nSPS) is 10.8. The molecule has 0 fully saturated rings. The minimum Gasteiger partial charge on any atom is -0.414 e. The third-order valence-electron chi connectivity index (χ3n) is 9.46. The van der Waals surface area contributed by atoms with Crippen LogP contribution in [0.5, 0.6) is 0 Å². The second-order valence-electron chi connectivity index (χ2n) is 13.9. The van der Waals surface area contributed by atoms with Crippen LogP contribution in [0.4, 0.5) is 17.5 Å². The molecule has 0 saturated carbocycles. The van der Waals surface area contributed by atoms with Gasteiger partial charge in [0, 0.05) is 18.3 Å². The average molecular weight is 858 g/mol. The van der Waals surface area contributed by atoms with Crippen molar-refractivity contribution in [3.63, 3.8) is 0 Å². The van der Waals surface area contributed by atoms with Crippen molar-refractivity contribution in [1.82, 2.24) is 60.6 Å². The summed E-state index contributed by atoms with van der Waals surface area (Å²) >= 11 is 0. The monoisotopic (exact) mass is 857 g/mol. The van der Waals surface area contributed by atoms with Crippen LogP contribution in [-0.2, 0) is 6.54 Å². The van der Waals surface area contributed by atoms with E-state index in [2.05, 4.69) is 60.6 Å². The molecule has 1 amide bonds. The lowest BCUT2D eigenvalue weighted by atomic mass is 10.2. The van der Waals surface area contributed by atoms with Crippen LogP contribution in [0.15, 0.2) is 167 Å². The average Bonchev–Trinajstić information content (AvgIpc) is 4.06. The molecule has 18 heteroatoms. The van der Waals surface area contributed by atoms with Crippen molar-refractivity contribution in [3.05, 3.63) is 169 Å². The lowest BCUT2D eigenvalue weighted by Crippen LogP contribution is -2.25. The quantitative estimate of drug-likeness (QED) is 0.121. The molecular weight excluding hydrogens is 823 g/mol. The van der Waals surface area contributed by atoms with Gasteiger partial charge in [0.05, 0.1) is 33.1 Å². The summed E-state index contributed by atoms with van der Waals surface area (Å²) in [4.78, 5) is 42.4. The Morgan fingerprint density at radius 2 is 0.877 bits per heavy atom. The molecule has 0 bridgehead atoms. The number of pyridine rings is 1. The molecule has 0 spiro atoms. The first-order valence-electron chi connectivity index (χ1n) is 19.9. The molecule has 0 unspecified atom stereocenters. The molecule has 0 saturated heterocycles. The van der Waals surface area contributed by atoms with Crippen LogP contribution in [0.2, 0.25) is 0 Å². The Labute approximate surface area is 368 Å². The van der Waals surface area contributed by atoms with Crippen molar-refractivity contribution in [2.45, 2.75) is 6.54 Å². The number of fused-ring (bicyclic) bond motifs is 3. The number of hydrogen-bond donors (Lipinski definition) is 4. The number of hydrogen-bond acceptors (Lipinski definition) is 17. The second kappa shape index (κ2) is 18.6. The number of nitrogens with one attached hydrogen (secondary N) is 1. The number of carbonyl (C=O) groups excluding carboxylic acids is 1. The summed E-state index contributed by atoms with van der Waals surface area (Å²) in [6.45, 7) is 0.424. The highest BCUT2D eigenvalue weighted by atomic mass is 16.4. The number of carbonyl (C=O) groups is 1. The van der Waals surface area contributed by atoms with Crippen LogP contribution in [0, 0.1) is 0 Å². The van der Waals surface area contributed by atoms with E-state index in [0.29, 0.717) is 57.5 Å². The van der Waals surface area contributed by atoms with E-state index >= 15 is 0 Å². The number of aromatic nitrogens is 11. The second-order valence-corrected chi connectivity index (χ2v) is 13.9. The van der Waals surface area contributed by atoms with E-state index in [9.17, 15) is 4.79 Å². The molecule has 0 atom stereocenters. The fraction of sp³-hybridized carbons (Fsp3) is 0.0213. The zero-order valence-electron chi connectivity index (χ0n) is 34.1. The standard InChI is InChI=1S/C16H11N5O.C16H14N4O.C15H10N6O/c17-14-13(18-11-8-4-5-9-12(11)19-14)16-21-20-15(22-16)10-6-2-1-3-7-10;17-15-14(19-12-8-4-5-9-13(12)20-15)16(21)18-10-11-6-2-1-3-7-11;16-13-12(18-9-5-1-2-6-10(9)19-13)15-21-20-14(22-15)11-7-3-4-8-17-11/h1-9H,(H2,17,19);1-9H,10H2,(H2,17,20)(H,18,21);1-8H,(H2,16,19). The molecular formula is C47H35N15O3. The molecule has 5 aromatic carbocycles. The van der Waals surface area contributed by atoms with Gasteiger partial charge < -0.3 is 31.4 Å². The van der Waals surface area contributed by atoms with Crippen molar-refractivity contribution in [3.8, 4) is 46.2 Å². The number of nitrogens with two attached hydrogens (primary N) is 3. The summed E-state index contributed by atoms with van der Waals surface area (Å²) in [7, 11) is 0. The van der Waals surface area contributed by atoms with Gasteiger partial charge in [-0.25, -0.2) is 29.9 Å². The van der Waals surface area contributed by atoms with Gasteiger partial charge in [0.25, 0.3) is 23.6 Å². The fourth-order valence-electron chi connectivity index (χ4n) is 6.31. The van der Waals surface area contributed by atoms with Gasteiger partial charge in [0.2, 0.25) is 5.89 Å². The van der Waals surface area contributed by atoms with Crippen molar-refractivity contribution < 1.29 is 13.6 Å². The van der Waals surface area contributed by atoms with Crippen molar-refractivity contribution in [2.75, 3.05) is 17.2 Å². The molecule has 316 valence electrons. The minimum atomic E-state index is -0.324. The topological polar surface area (TPSA) is 275 Å². The van der Waals surface area contributed by atoms with E-state index in [1.165, 1.54) is 0 Å². The smallest absolute Gasteiger partial charge is 0.274 e. The van der Waals surface area contributed by atoms with Gasteiger partial charge in [0.15, 0.2) is 34.5 Å². The molecule has 6 aromatic heterocycles. The van der Waals surface area contributed by atoms with Crippen molar-refractivity contribution >= 4 is 56.5 Å². The third-order valence-corrected chi connectivity index (χ3v) is 9.46. The highest BCUT2D eigenvalue weighted by Crippen LogP contribution is 2.28. The number of amides is 1. The van der Waals surface area contributed by atoms with Gasteiger partial charge in [-0.15, -0.1) is 20.4 Å². The van der Waals surface area contributed by atoms with Crippen LogP contribution in [0.3, 0.4) is 0 Å². The first-order valence-corrected chi connectivity index (χ1v) is 19.9. The number of rotatable bonds is 7. The van der Waals surface area contributed by atoms with Crippen LogP contribution < -0.4 is 22.5 Å². The van der Waals surface area contributed by atoms with Gasteiger partial charge >= 0.3 is 0 Å². The predicted molar refractivity (Wildman–Crippen MR) is 245 cm³/mol. The summed E-state index contributed by atoms with van der Waals surface area (Å²) in [5, 5.41) is 18.8. The third kappa shape index (κ3) is 9.36. The van der Waals surface area contributed by atoms with Gasteiger partial charge in [-0.2, -0.15) is 0 Å². The van der Waals surface area contributed by atoms with Gasteiger partial charge in [-0.1, -0.05) is 91.0 Å². The first-order chi connectivity index (χ1) is 31.9. The summed E-state index contributed by atoms with van der Waals surface area (Å²) in [6, 6.07) is 46.9. The predicted octanol–water partition coefficient (Wildman–Crippen LogP) is 7.40. The number of para-hydroxylation sites is 6. The van der Waals surface area contributed by atoms with Crippen LogP contribution in [0.25, 0.3) is 79.3 Å². The molecule has 11 aromatic rings. The highest BCUT2D eigenvalue weighted by molar-refractivity contribution is 5.98. The fourth-order valence-corrected chi connectivity index (χ4v) is 6.31. The maximum absolute atomic E-state index is 12.2. The molecule has 65 heavy (non-hydrogen) atoms. The Bertz CT molecular complexity index is 3250.